The predicted octanol–water partition coefficient (Wildman–Crippen LogP) is 3.25. The molecule has 1 unspecified atom stereocenters. The Kier molecular flexibility index (Phi) is 6.57. The Hall–Kier alpha value is -0.480. The van der Waals surface area contributed by atoms with Crippen molar-refractivity contribution in [2.75, 3.05) is 12.4 Å². The number of esters is 1. The van der Waals surface area contributed by atoms with Gasteiger partial charge < -0.3 is 4.74 Å². The summed E-state index contributed by atoms with van der Waals surface area (Å²) < 4.78 is 5.03. The minimum absolute atomic E-state index is 0.194. The Labute approximate surface area is 109 Å². The quantitative estimate of drug-likeness (QED) is 0.458. The first-order valence-corrected chi connectivity index (χ1v) is 7.19. The van der Waals surface area contributed by atoms with Crippen LogP contribution in [0.3, 0.4) is 0 Å². The van der Waals surface area contributed by atoms with Crippen LogP contribution < -0.4 is 0 Å². The second-order valence-corrected chi connectivity index (χ2v) is 5.80. The molecule has 2 nitrogen and oxygen atoms in total. The van der Waals surface area contributed by atoms with E-state index in [1.54, 1.807) is 18.7 Å². The molecule has 0 radical (unpaired) electrons. The molecule has 0 aliphatic carbocycles. The molecular formula is C12H15BrO2S. The van der Waals surface area contributed by atoms with Gasteiger partial charge in [0.15, 0.2) is 0 Å². The van der Waals surface area contributed by atoms with E-state index in [4.69, 9.17) is 4.74 Å². The Morgan fingerprint density at radius 1 is 1.44 bits per heavy atom. The minimum atomic E-state index is -0.216. The van der Waals surface area contributed by atoms with Gasteiger partial charge in [-0.3, -0.25) is 4.79 Å². The van der Waals surface area contributed by atoms with E-state index in [2.05, 4.69) is 28.1 Å². The summed E-state index contributed by atoms with van der Waals surface area (Å²) in [5.74, 6) is 1.60. The van der Waals surface area contributed by atoms with Crippen molar-refractivity contribution < 1.29 is 9.53 Å². The van der Waals surface area contributed by atoms with Crippen LogP contribution in [0.4, 0.5) is 0 Å². The number of halogens is 1. The van der Waals surface area contributed by atoms with E-state index in [-0.39, 0.29) is 10.8 Å². The molecule has 1 aromatic carbocycles. The van der Waals surface area contributed by atoms with Crippen LogP contribution in [-0.4, -0.2) is 23.2 Å². The van der Waals surface area contributed by atoms with Crippen molar-refractivity contribution in [2.45, 2.75) is 17.5 Å². The average molecular weight is 303 g/mol. The van der Waals surface area contributed by atoms with Gasteiger partial charge in [0.25, 0.3) is 0 Å². The van der Waals surface area contributed by atoms with E-state index < -0.39 is 0 Å². The van der Waals surface area contributed by atoms with Crippen LogP contribution in [0.1, 0.15) is 12.5 Å². The number of rotatable bonds is 6. The molecule has 88 valence electrons. The molecule has 16 heavy (non-hydrogen) atoms. The standard InChI is InChI=1S/C12H15BrO2S/c1-10(13)12(14)15-7-8-16-9-11-5-3-2-4-6-11/h2-6,10H,7-9H2,1H3. The van der Waals surface area contributed by atoms with E-state index in [0.29, 0.717) is 6.61 Å². The van der Waals surface area contributed by atoms with E-state index in [0.717, 1.165) is 11.5 Å². The van der Waals surface area contributed by atoms with Gasteiger partial charge in [-0.2, -0.15) is 11.8 Å². The van der Waals surface area contributed by atoms with Gasteiger partial charge in [-0.1, -0.05) is 46.3 Å². The van der Waals surface area contributed by atoms with Gasteiger partial charge in [0.05, 0.1) is 0 Å². The normalized spacial score (nSPS) is 12.1. The third-order valence-corrected chi connectivity index (χ3v) is 3.27. The second-order valence-electron chi connectivity index (χ2n) is 3.32. The summed E-state index contributed by atoms with van der Waals surface area (Å²) in [5.41, 5.74) is 1.30. The summed E-state index contributed by atoms with van der Waals surface area (Å²) in [6.07, 6.45) is 0. The molecule has 1 rings (SSSR count). The Balaban J connectivity index is 2.07. The zero-order chi connectivity index (χ0) is 11.8. The topological polar surface area (TPSA) is 26.3 Å². The molecule has 1 atom stereocenters. The zero-order valence-electron chi connectivity index (χ0n) is 9.19. The molecule has 0 saturated carbocycles. The molecular weight excluding hydrogens is 288 g/mol. The highest BCUT2D eigenvalue weighted by atomic mass is 79.9. The van der Waals surface area contributed by atoms with Crippen LogP contribution >= 0.6 is 27.7 Å². The average Bonchev–Trinajstić information content (AvgIpc) is 2.29. The number of ether oxygens (including phenoxy) is 1. The van der Waals surface area contributed by atoms with Crippen LogP contribution in [0.2, 0.25) is 0 Å². The molecule has 0 N–H and O–H groups in total. The number of carbonyl (C=O) groups is 1. The Morgan fingerprint density at radius 2 is 2.12 bits per heavy atom. The van der Waals surface area contributed by atoms with Gasteiger partial charge in [-0.15, -0.1) is 0 Å². The summed E-state index contributed by atoms with van der Waals surface area (Å²) >= 11 is 4.93. The van der Waals surface area contributed by atoms with Gasteiger partial charge in [0.2, 0.25) is 0 Å². The molecule has 0 fully saturated rings. The minimum Gasteiger partial charge on any atom is -0.464 e. The van der Waals surface area contributed by atoms with Crippen LogP contribution in [0.5, 0.6) is 0 Å². The molecule has 0 aliphatic heterocycles. The second kappa shape index (κ2) is 7.74. The van der Waals surface area contributed by atoms with Crippen molar-refractivity contribution in [3.05, 3.63) is 35.9 Å². The maximum absolute atomic E-state index is 11.1. The summed E-state index contributed by atoms with van der Waals surface area (Å²) in [6.45, 7) is 2.24. The van der Waals surface area contributed by atoms with E-state index in [1.807, 2.05) is 18.2 Å². The number of thioether (sulfide) groups is 1. The predicted molar refractivity (Wildman–Crippen MR) is 72.0 cm³/mol. The van der Waals surface area contributed by atoms with Crippen molar-refractivity contribution in [2.24, 2.45) is 0 Å². The largest absolute Gasteiger partial charge is 0.464 e. The molecule has 4 heteroatoms. The molecule has 0 heterocycles. The number of hydrogen-bond acceptors (Lipinski definition) is 3. The van der Waals surface area contributed by atoms with Gasteiger partial charge in [0, 0.05) is 11.5 Å². The SMILES string of the molecule is CC(Br)C(=O)OCCSCc1ccccc1. The monoisotopic (exact) mass is 302 g/mol. The summed E-state index contributed by atoms with van der Waals surface area (Å²) in [5, 5.41) is 0. The lowest BCUT2D eigenvalue weighted by molar-refractivity contribution is -0.141. The molecule has 1 aromatic rings. The lowest BCUT2D eigenvalue weighted by Gasteiger charge is -2.05. The highest BCUT2D eigenvalue weighted by Gasteiger charge is 2.08. The summed E-state index contributed by atoms with van der Waals surface area (Å²) in [4.78, 5) is 10.9. The van der Waals surface area contributed by atoms with Gasteiger partial charge in [0.1, 0.15) is 11.4 Å². The molecule has 0 spiro atoms. The van der Waals surface area contributed by atoms with Crippen molar-refractivity contribution in [1.82, 2.24) is 0 Å². The van der Waals surface area contributed by atoms with Crippen molar-refractivity contribution in [1.29, 1.82) is 0 Å². The Morgan fingerprint density at radius 3 is 2.75 bits per heavy atom. The third-order valence-electron chi connectivity index (χ3n) is 1.91. The highest BCUT2D eigenvalue weighted by Crippen LogP contribution is 2.11. The Bertz CT molecular complexity index is 314. The zero-order valence-corrected chi connectivity index (χ0v) is 11.6. The smallest absolute Gasteiger partial charge is 0.319 e. The first-order valence-electron chi connectivity index (χ1n) is 5.12. The molecule has 0 bridgehead atoms. The van der Waals surface area contributed by atoms with Crippen molar-refractivity contribution >= 4 is 33.7 Å². The molecule has 0 aliphatic rings. The van der Waals surface area contributed by atoms with Crippen molar-refractivity contribution in [3.63, 3.8) is 0 Å². The highest BCUT2D eigenvalue weighted by molar-refractivity contribution is 9.10. The first-order chi connectivity index (χ1) is 7.70. The fraction of sp³-hybridized carbons (Fsp3) is 0.417. The molecule has 0 saturated heterocycles. The fourth-order valence-electron chi connectivity index (χ4n) is 1.08. The maximum atomic E-state index is 11.1. The van der Waals surface area contributed by atoms with E-state index in [1.165, 1.54) is 5.56 Å². The van der Waals surface area contributed by atoms with Crippen LogP contribution in [0.15, 0.2) is 30.3 Å². The molecule has 0 amide bonds. The number of benzene rings is 1. The van der Waals surface area contributed by atoms with Crippen LogP contribution in [-0.2, 0) is 15.3 Å². The van der Waals surface area contributed by atoms with Gasteiger partial charge in [-0.25, -0.2) is 0 Å². The molecule has 0 aromatic heterocycles. The van der Waals surface area contributed by atoms with E-state index >= 15 is 0 Å². The van der Waals surface area contributed by atoms with Crippen LogP contribution in [0.25, 0.3) is 0 Å². The number of alkyl halides is 1. The lowest BCUT2D eigenvalue weighted by Crippen LogP contribution is -2.15. The van der Waals surface area contributed by atoms with Crippen LogP contribution in [0, 0.1) is 0 Å². The van der Waals surface area contributed by atoms with Gasteiger partial charge in [-0.05, 0) is 12.5 Å². The first kappa shape index (κ1) is 13.6. The number of carbonyl (C=O) groups excluding carboxylic acids is 1. The van der Waals surface area contributed by atoms with Crippen molar-refractivity contribution in [3.8, 4) is 0 Å². The van der Waals surface area contributed by atoms with Gasteiger partial charge >= 0.3 is 5.97 Å². The number of hydrogen-bond donors (Lipinski definition) is 0. The maximum Gasteiger partial charge on any atom is 0.319 e. The summed E-state index contributed by atoms with van der Waals surface area (Å²) in [6, 6.07) is 10.3. The van der Waals surface area contributed by atoms with E-state index in [9.17, 15) is 4.79 Å². The third kappa shape index (κ3) is 5.56. The lowest BCUT2D eigenvalue weighted by atomic mass is 10.2. The fourth-order valence-corrected chi connectivity index (χ4v) is 1.99. The summed E-state index contributed by atoms with van der Waals surface area (Å²) in [7, 11) is 0.